The van der Waals surface area contributed by atoms with Gasteiger partial charge >= 0.3 is 0 Å². The Morgan fingerprint density at radius 1 is 1.06 bits per heavy atom. The third-order valence-electron chi connectivity index (χ3n) is 2.24. The van der Waals surface area contributed by atoms with Crippen molar-refractivity contribution in [3.63, 3.8) is 0 Å². The Kier molecular flexibility index (Phi) is 6.19. The maximum absolute atomic E-state index is 11.7. The lowest BCUT2D eigenvalue weighted by molar-refractivity contribution is 0.0951. The summed E-state index contributed by atoms with van der Waals surface area (Å²) in [5, 5.41) is 2.85. The van der Waals surface area contributed by atoms with Crippen molar-refractivity contribution in [2.45, 2.75) is 20.4 Å². The zero-order valence-electron chi connectivity index (χ0n) is 10.8. The third kappa shape index (κ3) is 4.37. The van der Waals surface area contributed by atoms with Gasteiger partial charge < -0.3 is 5.32 Å². The van der Waals surface area contributed by atoms with Crippen molar-refractivity contribution in [2.24, 2.45) is 0 Å². The fraction of sp³-hybridized carbons (Fsp3) is 0.200. The number of nitrogens with one attached hydrogen (secondary N) is 1. The van der Waals surface area contributed by atoms with Crippen molar-refractivity contribution in [1.82, 2.24) is 10.3 Å². The van der Waals surface area contributed by atoms with Gasteiger partial charge in [0.2, 0.25) is 0 Å². The SMILES string of the molecule is CC.O=C(NCc1ccccc1)c1ccncc1. The summed E-state index contributed by atoms with van der Waals surface area (Å²) in [5.74, 6) is -0.0775. The fourth-order valence-electron chi connectivity index (χ4n) is 1.38. The molecule has 3 heteroatoms. The summed E-state index contributed by atoms with van der Waals surface area (Å²) in [6, 6.07) is 13.2. The van der Waals surface area contributed by atoms with Crippen LogP contribution < -0.4 is 5.32 Å². The largest absolute Gasteiger partial charge is 0.348 e. The van der Waals surface area contributed by atoms with Gasteiger partial charge in [0.05, 0.1) is 0 Å². The minimum atomic E-state index is -0.0775. The lowest BCUT2D eigenvalue weighted by Crippen LogP contribution is -2.22. The molecule has 0 aliphatic rings. The summed E-state index contributed by atoms with van der Waals surface area (Å²) in [6.07, 6.45) is 3.22. The Morgan fingerprint density at radius 2 is 1.67 bits per heavy atom. The van der Waals surface area contributed by atoms with E-state index in [1.165, 1.54) is 0 Å². The molecule has 3 nitrogen and oxygen atoms in total. The summed E-state index contributed by atoms with van der Waals surface area (Å²) >= 11 is 0. The zero-order valence-corrected chi connectivity index (χ0v) is 10.8. The first-order chi connectivity index (χ1) is 8.86. The molecule has 2 aromatic rings. The van der Waals surface area contributed by atoms with Gasteiger partial charge in [0.1, 0.15) is 0 Å². The minimum Gasteiger partial charge on any atom is -0.348 e. The van der Waals surface area contributed by atoms with Crippen molar-refractivity contribution >= 4 is 5.91 Å². The summed E-state index contributed by atoms with van der Waals surface area (Å²) in [5.41, 5.74) is 1.72. The van der Waals surface area contributed by atoms with Gasteiger partial charge in [0.15, 0.2) is 0 Å². The molecule has 0 saturated heterocycles. The average molecular weight is 242 g/mol. The quantitative estimate of drug-likeness (QED) is 0.898. The molecule has 1 heterocycles. The molecule has 0 radical (unpaired) electrons. The molecule has 0 spiro atoms. The van der Waals surface area contributed by atoms with Crippen molar-refractivity contribution < 1.29 is 4.79 Å². The van der Waals surface area contributed by atoms with Gasteiger partial charge in [-0.1, -0.05) is 44.2 Å². The van der Waals surface area contributed by atoms with E-state index < -0.39 is 0 Å². The second kappa shape index (κ2) is 8.01. The Balaban J connectivity index is 0.000000771. The van der Waals surface area contributed by atoms with Gasteiger partial charge in [-0.25, -0.2) is 0 Å². The van der Waals surface area contributed by atoms with E-state index in [2.05, 4.69) is 10.3 Å². The van der Waals surface area contributed by atoms with E-state index >= 15 is 0 Å². The second-order valence-electron chi connectivity index (χ2n) is 3.40. The first-order valence-corrected chi connectivity index (χ1v) is 6.08. The molecular formula is C15H18N2O. The van der Waals surface area contributed by atoms with Crippen LogP contribution in [-0.2, 0) is 6.54 Å². The topological polar surface area (TPSA) is 42.0 Å². The fourth-order valence-corrected chi connectivity index (χ4v) is 1.38. The molecule has 1 N–H and O–H groups in total. The van der Waals surface area contributed by atoms with Crippen molar-refractivity contribution in [1.29, 1.82) is 0 Å². The van der Waals surface area contributed by atoms with Gasteiger partial charge in [-0.05, 0) is 17.7 Å². The van der Waals surface area contributed by atoms with Crippen LogP contribution >= 0.6 is 0 Å². The number of carbonyl (C=O) groups is 1. The van der Waals surface area contributed by atoms with E-state index in [9.17, 15) is 4.79 Å². The lowest BCUT2D eigenvalue weighted by Gasteiger charge is -2.04. The Labute approximate surface area is 108 Å². The Hall–Kier alpha value is -2.16. The number of rotatable bonds is 3. The number of amides is 1. The number of benzene rings is 1. The Bertz CT molecular complexity index is 454. The van der Waals surface area contributed by atoms with Crippen molar-refractivity contribution in [3.05, 3.63) is 66.0 Å². The number of hydrogen-bond donors (Lipinski definition) is 1. The predicted octanol–water partition coefficient (Wildman–Crippen LogP) is 3.04. The highest BCUT2D eigenvalue weighted by molar-refractivity contribution is 5.93. The van der Waals surface area contributed by atoms with Crippen LogP contribution in [0.25, 0.3) is 0 Å². The van der Waals surface area contributed by atoms with E-state index in [1.807, 2.05) is 44.2 Å². The molecule has 1 aromatic carbocycles. The summed E-state index contributed by atoms with van der Waals surface area (Å²) in [4.78, 5) is 15.5. The zero-order chi connectivity index (χ0) is 13.2. The average Bonchev–Trinajstić information content (AvgIpc) is 2.49. The summed E-state index contributed by atoms with van der Waals surface area (Å²) < 4.78 is 0. The second-order valence-corrected chi connectivity index (χ2v) is 3.40. The van der Waals surface area contributed by atoms with Crippen molar-refractivity contribution in [2.75, 3.05) is 0 Å². The van der Waals surface area contributed by atoms with E-state index in [1.54, 1.807) is 24.5 Å². The molecule has 1 amide bonds. The van der Waals surface area contributed by atoms with Crippen LogP contribution in [0.1, 0.15) is 29.8 Å². The maximum Gasteiger partial charge on any atom is 0.251 e. The molecule has 0 fully saturated rings. The highest BCUT2D eigenvalue weighted by atomic mass is 16.1. The van der Waals surface area contributed by atoms with Crippen LogP contribution in [0.5, 0.6) is 0 Å². The molecule has 0 unspecified atom stereocenters. The van der Waals surface area contributed by atoms with Crippen LogP contribution in [0.15, 0.2) is 54.9 Å². The van der Waals surface area contributed by atoms with Gasteiger partial charge in [0, 0.05) is 24.5 Å². The molecule has 0 aliphatic carbocycles. The molecule has 0 aliphatic heterocycles. The molecule has 18 heavy (non-hydrogen) atoms. The van der Waals surface area contributed by atoms with Crippen LogP contribution in [0.3, 0.4) is 0 Å². The number of nitrogens with zero attached hydrogens (tertiary/aromatic N) is 1. The van der Waals surface area contributed by atoms with Crippen LogP contribution in [0, 0.1) is 0 Å². The van der Waals surface area contributed by atoms with E-state index in [0.29, 0.717) is 12.1 Å². The number of hydrogen-bond acceptors (Lipinski definition) is 2. The Morgan fingerprint density at radius 3 is 2.28 bits per heavy atom. The summed E-state index contributed by atoms with van der Waals surface area (Å²) in [7, 11) is 0. The van der Waals surface area contributed by atoms with Crippen molar-refractivity contribution in [3.8, 4) is 0 Å². The minimum absolute atomic E-state index is 0.0775. The van der Waals surface area contributed by atoms with Crippen LogP contribution in [-0.4, -0.2) is 10.9 Å². The highest BCUT2D eigenvalue weighted by Gasteiger charge is 2.03. The molecule has 2 rings (SSSR count). The third-order valence-corrected chi connectivity index (χ3v) is 2.24. The number of pyridine rings is 1. The van der Waals surface area contributed by atoms with Gasteiger partial charge in [0.25, 0.3) is 5.91 Å². The smallest absolute Gasteiger partial charge is 0.251 e. The lowest BCUT2D eigenvalue weighted by atomic mass is 10.2. The van der Waals surface area contributed by atoms with Gasteiger partial charge in [-0.3, -0.25) is 9.78 Å². The summed E-state index contributed by atoms with van der Waals surface area (Å²) in [6.45, 7) is 4.54. The van der Waals surface area contributed by atoms with E-state index in [-0.39, 0.29) is 5.91 Å². The number of carbonyl (C=O) groups excluding carboxylic acids is 1. The van der Waals surface area contributed by atoms with E-state index in [0.717, 1.165) is 5.56 Å². The highest BCUT2D eigenvalue weighted by Crippen LogP contribution is 2.00. The van der Waals surface area contributed by atoms with Gasteiger partial charge in [-0.15, -0.1) is 0 Å². The van der Waals surface area contributed by atoms with Gasteiger partial charge in [-0.2, -0.15) is 0 Å². The first kappa shape index (κ1) is 13.9. The predicted molar refractivity (Wildman–Crippen MR) is 73.2 cm³/mol. The molecule has 0 bridgehead atoms. The van der Waals surface area contributed by atoms with E-state index in [4.69, 9.17) is 0 Å². The van der Waals surface area contributed by atoms with Crippen LogP contribution in [0.2, 0.25) is 0 Å². The monoisotopic (exact) mass is 242 g/mol. The molecular weight excluding hydrogens is 224 g/mol. The molecule has 0 saturated carbocycles. The van der Waals surface area contributed by atoms with Crippen LogP contribution in [0.4, 0.5) is 0 Å². The number of aromatic nitrogens is 1. The maximum atomic E-state index is 11.7. The standard InChI is InChI=1S/C13H12N2O.C2H6/c16-13(12-6-8-14-9-7-12)15-10-11-4-2-1-3-5-11;1-2/h1-9H,10H2,(H,15,16);1-2H3. The normalized spacial score (nSPS) is 9.00. The first-order valence-electron chi connectivity index (χ1n) is 6.08. The molecule has 1 aromatic heterocycles. The molecule has 0 atom stereocenters. The molecule has 94 valence electrons.